The Bertz CT molecular complexity index is 900. The van der Waals surface area contributed by atoms with Gasteiger partial charge in [0.15, 0.2) is 14.6 Å². The molecular weight excluding hydrogens is 386 g/mol. The molecule has 9 heteroatoms. The minimum absolute atomic E-state index is 0.0140. The van der Waals surface area contributed by atoms with Gasteiger partial charge < -0.3 is 5.11 Å². The summed E-state index contributed by atoms with van der Waals surface area (Å²) in [6, 6.07) is -0.371. The zero-order chi connectivity index (χ0) is 20.0. The van der Waals surface area contributed by atoms with Crippen LogP contribution in [0.15, 0.2) is 9.79 Å². The van der Waals surface area contributed by atoms with Crippen LogP contribution in [0.2, 0.25) is 0 Å². The van der Waals surface area contributed by atoms with Crippen LogP contribution in [-0.2, 0) is 16.4 Å². The first-order valence-corrected chi connectivity index (χ1v) is 11.8. The monoisotopic (exact) mass is 415 g/mol. The summed E-state index contributed by atoms with van der Waals surface area (Å²) < 4.78 is 24.9. The molecule has 0 bridgehead atoms. The van der Waals surface area contributed by atoms with Gasteiger partial charge in [0.1, 0.15) is 5.56 Å². The van der Waals surface area contributed by atoms with E-state index in [1.807, 2.05) is 0 Å². The average Bonchev–Trinajstić information content (AvgIpc) is 2.91. The molecule has 2 heterocycles. The van der Waals surface area contributed by atoms with Crippen LogP contribution < -0.4 is 5.56 Å². The van der Waals surface area contributed by atoms with E-state index < -0.39 is 15.4 Å². The second-order valence-electron chi connectivity index (χ2n) is 7.15. The molecule has 1 aromatic heterocycles. The second kappa shape index (κ2) is 9.64. The maximum atomic E-state index is 12.3. The summed E-state index contributed by atoms with van der Waals surface area (Å²) in [5.74, 6) is -0.0980. The van der Waals surface area contributed by atoms with Gasteiger partial charge in [-0.2, -0.15) is 0 Å². The summed E-state index contributed by atoms with van der Waals surface area (Å²) in [4.78, 5) is 19.3. The van der Waals surface area contributed by atoms with Crippen LogP contribution in [0.25, 0.3) is 0 Å². The lowest BCUT2D eigenvalue weighted by Crippen LogP contribution is -2.23. The Kier molecular flexibility index (Phi) is 7.79. The number of aromatic nitrogens is 2. The molecule has 1 saturated heterocycles. The molecule has 152 valence electrons. The van der Waals surface area contributed by atoms with Gasteiger partial charge in [-0.05, 0) is 32.0 Å². The summed E-state index contributed by atoms with van der Waals surface area (Å²) in [5, 5.41) is 10.6. The number of nitrogens with one attached hydrogen (secondary N) is 1. The van der Waals surface area contributed by atoms with Gasteiger partial charge in [0.2, 0.25) is 5.88 Å². The number of sulfone groups is 1. The Balaban J connectivity index is 2.17. The molecule has 1 atom stereocenters. The molecule has 0 aliphatic carbocycles. The molecule has 1 fully saturated rings. The molecule has 1 aromatic rings. The molecule has 1 aliphatic rings. The minimum atomic E-state index is -3.06. The van der Waals surface area contributed by atoms with E-state index >= 15 is 0 Å². The van der Waals surface area contributed by atoms with E-state index in [1.54, 1.807) is 6.92 Å². The summed E-state index contributed by atoms with van der Waals surface area (Å²) in [5.41, 5.74) is -0.0970. The fourth-order valence-electron chi connectivity index (χ4n) is 3.36. The van der Waals surface area contributed by atoms with E-state index in [0.29, 0.717) is 18.7 Å². The Hall–Kier alpha value is -1.48. The van der Waals surface area contributed by atoms with Crippen molar-refractivity contribution in [3.63, 3.8) is 0 Å². The van der Waals surface area contributed by atoms with Gasteiger partial charge in [-0.15, -0.1) is 0 Å². The zero-order valence-electron chi connectivity index (χ0n) is 16.0. The van der Waals surface area contributed by atoms with Crippen molar-refractivity contribution in [3.05, 3.63) is 20.7 Å². The van der Waals surface area contributed by atoms with Crippen molar-refractivity contribution in [2.75, 3.05) is 11.5 Å². The van der Waals surface area contributed by atoms with E-state index in [-0.39, 0.29) is 33.8 Å². The highest BCUT2D eigenvalue weighted by Crippen LogP contribution is 2.19. The average molecular weight is 416 g/mol. The SMILES string of the molecule is CCCCCCCCn1c(O)c(C(C)=N[C@H]2CCS(=O)(=O)C2)c(=O)[nH]c1=S. The molecule has 0 amide bonds. The summed E-state index contributed by atoms with van der Waals surface area (Å²) in [6.07, 6.45) is 7.07. The maximum Gasteiger partial charge on any atom is 0.264 e. The quantitative estimate of drug-likeness (QED) is 0.366. The molecular formula is C18H29N3O4S2. The predicted octanol–water partition coefficient (Wildman–Crippen LogP) is 2.97. The second-order valence-corrected chi connectivity index (χ2v) is 9.76. The zero-order valence-corrected chi connectivity index (χ0v) is 17.7. The van der Waals surface area contributed by atoms with Crippen molar-refractivity contribution in [2.24, 2.45) is 4.99 Å². The van der Waals surface area contributed by atoms with Gasteiger partial charge in [0.05, 0.1) is 23.3 Å². The number of H-pyrrole nitrogens is 1. The highest BCUT2D eigenvalue weighted by molar-refractivity contribution is 7.91. The van der Waals surface area contributed by atoms with Crippen molar-refractivity contribution in [1.82, 2.24) is 9.55 Å². The molecule has 0 spiro atoms. The Labute approximate surface area is 165 Å². The lowest BCUT2D eigenvalue weighted by atomic mass is 10.1. The number of hydrogen-bond acceptors (Lipinski definition) is 6. The lowest BCUT2D eigenvalue weighted by molar-refractivity contribution is 0.395. The molecule has 7 nitrogen and oxygen atoms in total. The minimum Gasteiger partial charge on any atom is -0.494 e. The molecule has 2 N–H and O–H groups in total. The van der Waals surface area contributed by atoms with Gasteiger partial charge >= 0.3 is 0 Å². The van der Waals surface area contributed by atoms with Crippen LogP contribution in [0.3, 0.4) is 0 Å². The molecule has 0 aromatic carbocycles. The van der Waals surface area contributed by atoms with E-state index in [2.05, 4.69) is 16.9 Å². The van der Waals surface area contributed by atoms with Crippen LogP contribution >= 0.6 is 12.2 Å². The standard InChI is InChI=1S/C18H29N3O4S2/c1-3-4-5-6-7-8-10-21-17(23)15(16(22)20-18(21)26)13(2)19-14-9-11-27(24,25)12-14/h14,23H,3-12H2,1-2H3,(H,20,22,26)/t14-/m0/s1. The Morgan fingerprint density at radius 3 is 2.59 bits per heavy atom. The fraction of sp³-hybridized carbons (Fsp3) is 0.722. The third-order valence-electron chi connectivity index (χ3n) is 4.85. The topological polar surface area (TPSA) is 105 Å². The molecule has 0 saturated carbocycles. The highest BCUT2D eigenvalue weighted by Gasteiger charge is 2.28. The van der Waals surface area contributed by atoms with Crippen LogP contribution in [0.4, 0.5) is 0 Å². The third kappa shape index (κ3) is 6.00. The van der Waals surface area contributed by atoms with E-state index in [9.17, 15) is 18.3 Å². The number of aromatic amines is 1. The Morgan fingerprint density at radius 2 is 1.96 bits per heavy atom. The largest absolute Gasteiger partial charge is 0.494 e. The van der Waals surface area contributed by atoms with Gasteiger partial charge in [-0.25, -0.2) is 8.42 Å². The molecule has 0 radical (unpaired) electrons. The van der Waals surface area contributed by atoms with Gasteiger partial charge in [0.25, 0.3) is 5.56 Å². The molecule has 27 heavy (non-hydrogen) atoms. The number of aromatic hydroxyl groups is 1. The summed E-state index contributed by atoms with van der Waals surface area (Å²) in [7, 11) is -3.06. The number of rotatable bonds is 9. The first-order valence-electron chi connectivity index (χ1n) is 9.56. The van der Waals surface area contributed by atoms with Gasteiger partial charge in [0, 0.05) is 6.54 Å². The van der Waals surface area contributed by atoms with Crippen molar-refractivity contribution in [1.29, 1.82) is 0 Å². The fourth-order valence-corrected chi connectivity index (χ4v) is 5.25. The first kappa shape index (κ1) is 21.8. The van der Waals surface area contributed by atoms with Crippen LogP contribution in [0.1, 0.15) is 64.4 Å². The van der Waals surface area contributed by atoms with E-state index in [1.165, 1.54) is 23.8 Å². The normalized spacial score (nSPS) is 19.5. The first-order chi connectivity index (χ1) is 12.7. The number of aliphatic imine (C=N–C) groups is 1. The van der Waals surface area contributed by atoms with Gasteiger partial charge in [-0.3, -0.25) is 19.3 Å². The smallest absolute Gasteiger partial charge is 0.264 e. The molecule has 1 aliphatic heterocycles. The lowest BCUT2D eigenvalue weighted by Gasteiger charge is -2.13. The Morgan fingerprint density at radius 1 is 1.30 bits per heavy atom. The number of unbranched alkanes of at least 4 members (excludes halogenated alkanes) is 5. The van der Waals surface area contributed by atoms with Crippen molar-refractivity contribution < 1.29 is 13.5 Å². The predicted molar refractivity (Wildman–Crippen MR) is 110 cm³/mol. The number of nitrogens with zero attached hydrogens (tertiary/aromatic N) is 2. The van der Waals surface area contributed by atoms with Crippen LogP contribution in [-0.4, -0.2) is 46.3 Å². The summed E-state index contributed by atoms with van der Waals surface area (Å²) >= 11 is 5.19. The number of hydrogen-bond donors (Lipinski definition) is 2. The van der Waals surface area contributed by atoms with E-state index in [4.69, 9.17) is 12.2 Å². The van der Waals surface area contributed by atoms with Crippen LogP contribution in [0, 0.1) is 4.77 Å². The van der Waals surface area contributed by atoms with Crippen molar-refractivity contribution in [3.8, 4) is 5.88 Å². The van der Waals surface area contributed by atoms with E-state index in [0.717, 1.165) is 19.3 Å². The van der Waals surface area contributed by atoms with Crippen molar-refractivity contribution >= 4 is 27.8 Å². The van der Waals surface area contributed by atoms with Crippen molar-refractivity contribution in [2.45, 2.75) is 71.4 Å². The highest BCUT2D eigenvalue weighted by atomic mass is 32.2. The molecule has 0 unspecified atom stereocenters. The summed E-state index contributed by atoms with van der Waals surface area (Å²) in [6.45, 7) is 4.31. The van der Waals surface area contributed by atoms with Crippen LogP contribution in [0.5, 0.6) is 5.88 Å². The molecule has 2 rings (SSSR count). The van der Waals surface area contributed by atoms with Gasteiger partial charge in [-0.1, -0.05) is 39.0 Å². The third-order valence-corrected chi connectivity index (χ3v) is 6.93. The maximum absolute atomic E-state index is 12.3.